The lowest BCUT2D eigenvalue weighted by Crippen LogP contribution is -2.04. The average molecular weight is 237 g/mol. The van der Waals surface area contributed by atoms with Crippen molar-refractivity contribution in [1.82, 2.24) is 0 Å². The summed E-state index contributed by atoms with van der Waals surface area (Å²) in [7, 11) is 0. The highest BCUT2D eigenvalue weighted by Gasteiger charge is 2.07. The van der Waals surface area contributed by atoms with Gasteiger partial charge in [-0.05, 0) is 67.7 Å². The number of hydrogen-bond acceptors (Lipinski definition) is 2. The van der Waals surface area contributed by atoms with Crippen LogP contribution in [0.4, 0.5) is 0 Å². The van der Waals surface area contributed by atoms with Crippen LogP contribution in [0.25, 0.3) is 0 Å². The van der Waals surface area contributed by atoms with Gasteiger partial charge in [0.05, 0.1) is 0 Å². The molecule has 0 radical (unpaired) electrons. The van der Waals surface area contributed by atoms with E-state index in [-0.39, 0.29) is 0 Å². The Balaban J connectivity index is 2.78. The van der Waals surface area contributed by atoms with Crippen molar-refractivity contribution in [1.29, 1.82) is 0 Å². The number of benzene rings is 1. The molecule has 0 amide bonds. The summed E-state index contributed by atoms with van der Waals surface area (Å²) in [6.07, 6.45) is 1.17. The van der Waals surface area contributed by atoms with Gasteiger partial charge in [0.25, 0.3) is 0 Å². The lowest BCUT2D eigenvalue weighted by Gasteiger charge is -2.15. The molecule has 0 fully saturated rings. The Morgan fingerprint density at radius 3 is 2.06 bits per heavy atom. The molecular formula is C14H23NS. The second-order valence-corrected chi connectivity index (χ2v) is 5.61. The second-order valence-electron chi connectivity index (χ2n) is 4.39. The fourth-order valence-corrected chi connectivity index (χ4v) is 2.75. The first-order valence-electron chi connectivity index (χ1n) is 5.92. The van der Waals surface area contributed by atoms with Crippen LogP contribution in [0.1, 0.15) is 27.8 Å². The Hall–Kier alpha value is -0.470. The predicted molar refractivity (Wildman–Crippen MR) is 75.5 cm³/mol. The van der Waals surface area contributed by atoms with Gasteiger partial charge in [0.1, 0.15) is 0 Å². The van der Waals surface area contributed by atoms with E-state index < -0.39 is 0 Å². The zero-order valence-corrected chi connectivity index (χ0v) is 11.7. The SMILES string of the molecule is Cc1cc(C)c(C)c(CCSCCN)c1C. The van der Waals surface area contributed by atoms with E-state index in [2.05, 4.69) is 33.8 Å². The van der Waals surface area contributed by atoms with Crippen molar-refractivity contribution < 1.29 is 0 Å². The minimum absolute atomic E-state index is 0.787. The number of aryl methyl sites for hydroxylation is 2. The highest BCUT2D eigenvalue weighted by Crippen LogP contribution is 2.23. The van der Waals surface area contributed by atoms with Crippen molar-refractivity contribution in [3.63, 3.8) is 0 Å². The van der Waals surface area contributed by atoms with Gasteiger partial charge in [0, 0.05) is 12.3 Å². The highest BCUT2D eigenvalue weighted by atomic mass is 32.2. The molecule has 0 aromatic heterocycles. The van der Waals surface area contributed by atoms with Gasteiger partial charge in [-0.25, -0.2) is 0 Å². The second kappa shape index (κ2) is 6.31. The summed E-state index contributed by atoms with van der Waals surface area (Å²) >= 11 is 1.95. The van der Waals surface area contributed by atoms with Crippen molar-refractivity contribution in [2.45, 2.75) is 34.1 Å². The van der Waals surface area contributed by atoms with Crippen molar-refractivity contribution in [3.05, 3.63) is 33.9 Å². The fraction of sp³-hybridized carbons (Fsp3) is 0.571. The molecule has 1 nitrogen and oxygen atoms in total. The minimum atomic E-state index is 0.787. The average Bonchev–Trinajstić information content (AvgIpc) is 2.25. The molecule has 1 aromatic rings. The van der Waals surface area contributed by atoms with E-state index in [4.69, 9.17) is 5.73 Å². The Morgan fingerprint density at radius 2 is 1.56 bits per heavy atom. The fourth-order valence-electron chi connectivity index (χ4n) is 2.03. The van der Waals surface area contributed by atoms with Gasteiger partial charge in [0.15, 0.2) is 0 Å². The smallest absolute Gasteiger partial charge is 0.00559 e. The molecule has 0 aliphatic carbocycles. The molecule has 0 saturated heterocycles. The summed E-state index contributed by atoms with van der Waals surface area (Å²) in [6.45, 7) is 9.68. The van der Waals surface area contributed by atoms with E-state index in [0.29, 0.717) is 0 Å². The first kappa shape index (κ1) is 13.6. The third-order valence-corrected chi connectivity index (χ3v) is 4.30. The van der Waals surface area contributed by atoms with Crippen molar-refractivity contribution in [2.75, 3.05) is 18.1 Å². The van der Waals surface area contributed by atoms with E-state index in [1.165, 1.54) is 34.4 Å². The molecule has 2 N–H and O–H groups in total. The molecule has 0 heterocycles. The molecule has 0 aliphatic heterocycles. The molecule has 0 spiro atoms. The number of hydrogen-bond donors (Lipinski definition) is 1. The van der Waals surface area contributed by atoms with Crippen LogP contribution in [0.3, 0.4) is 0 Å². The molecule has 2 heteroatoms. The first-order valence-corrected chi connectivity index (χ1v) is 7.07. The van der Waals surface area contributed by atoms with Crippen LogP contribution >= 0.6 is 11.8 Å². The quantitative estimate of drug-likeness (QED) is 0.796. The van der Waals surface area contributed by atoms with Crippen LogP contribution < -0.4 is 5.73 Å². The minimum Gasteiger partial charge on any atom is -0.330 e. The van der Waals surface area contributed by atoms with Gasteiger partial charge in [-0.2, -0.15) is 11.8 Å². The number of thioether (sulfide) groups is 1. The van der Waals surface area contributed by atoms with Crippen LogP contribution in [-0.4, -0.2) is 18.1 Å². The largest absolute Gasteiger partial charge is 0.330 e. The van der Waals surface area contributed by atoms with Gasteiger partial charge in [0.2, 0.25) is 0 Å². The maximum Gasteiger partial charge on any atom is 0.00559 e. The van der Waals surface area contributed by atoms with Gasteiger partial charge >= 0.3 is 0 Å². The number of nitrogens with two attached hydrogens (primary N) is 1. The lowest BCUT2D eigenvalue weighted by atomic mass is 9.93. The topological polar surface area (TPSA) is 26.0 Å². The van der Waals surface area contributed by atoms with E-state index in [0.717, 1.165) is 12.3 Å². The van der Waals surface area contributed by atoms with E-state index in [1.54, 1.807) is 5.56 Å². The molecule has 16 heavy (non-hydrogen) atoms. The van der Waals surface area contributed by atoms with E-state index in [9.17, 15) is 0 Å². The Bertz CT molecular complexity index is 332. The molecule has 1 aromatic carbocycles. The third kappa shape index (κ3) is 3.26. The van der Waals surface area contributed by atoms with Crippen molar-refractivity contribution in [3.8, 4) is 0 Å². The molecular weight excluding hydrogens is 214 g/mol. The van der Waals surface area contributed by atoms with Crippen LogP contribution in [0, 0.1) is 27.7 Å². The maximum atomic E-state index is 5.50. The summed E-state index contributed by atoms with van der Waals surface area (Å²) in [5.74, 6) is 2.25. The van der Waals surface area contributed by atoms with Crippen molar-refractivity contribution >= 4 is 11.8 Å². The highest BCUT2D eigenvalue weighted by molar-refractivity contribution is 7.99. The Labute approximate surface area is 104 Å². The van der Waals surface area contributed by atoms with Crippen LogP contribution in [0.2, 0.25) is 0 Å². The summed E-state index contributed by atoms with van der Waals surface area (Å²) in [6, 6.07) is 2.29. The van der Waals surface area contributed by atoms with E-state index in [1.807, 2.05) is 11.8 Å². The summed E-state index contributed by atoms with van der Waals surface area (Å²) < 4.78 is 0. The van der Waals surface area contributed by atoms with Gasteiger partial charge in [-0.3, -0.25) is 0 Å². The van der Waals surface area contributed by atoms with Crippen LogP contribution in [0.5, 0.6) is 0 Å². The third-order valence-electron chi connectivity index (χ3n) is 3.28. The molecule has 0 aliphatic rings. The zero-order chi connectivity index (χ0) is 12.1. The molecule has 0 unspecified atom stereocenters. The monoisotopic (exact) mass is 237 g/mol. The normalized spacial score (nSPS) is 10.8. The van der Waals surface area contributed by atoms with Gasteiger partial charge in [-0.1, -0.05) is 6.07 Å². The van der Waals surface area contributed by atoms with Gasteiger partial charge < -0.3 is 5.73 Å². The molecule has 0 saturated carbocycles. The molecule has 1 rings (SSSR count). The summed E-state index contributed by atoms with van der Waals surface area (Å²) in [4.78, 5) is 0. The molecule has 0 bridgehead atoms. The predicted octanol–water partition coefficient (Wildman–Crippen LogP) is 3.15. The number of rotatable bonds is 5. The van der Waals surface area contributed by atoms with E-state index >= 15 is 0 Å². The summed E-state index contributed by atoms with van der Waals surface area (Å²) in [5, 5.41) is 0. The van der Waals surface area contributed by atoms with Crippen molar-refractivity contribution in [2.24, 2.45) is 5.73 Å². The Morgan fingerprint density at radius 1 is 1.00 bits per heavy atom. The zero-order valence-electron chi connectivity index (χ0n) is 10.9. The maximum absolute atomic E-state index is 5.50. The Kier molecular flexibility index (Phi) is 5.36. The lowest BCUT2D eigenvalue weighted by molar-refractivity contribution is 1.06. The van der Waals surface area contributed by atoms with Crippen LogP contribution in [0.15, 0.2) is 6.07 Å². The molecule has 90 valence electrons. The summed E-state index contributed by atoms with van der Waals surface area (Å²) in [5.41, 5.74) is 12.8. The molecule has 0 atom stereocenters. The standard InChI is InChI=1S/C14H23NS/c1-10-9-11(2)13(4)14(12(10)3)5-7-16-8-6-15/h9H,5-8,15H2,1-4H3. The van der Waals surface area contributed by atoms with Gasteiger partial charge in [-0.15, -0.1) is 0 Å². The van der Waals surface area contributed by atoms with Crippen LogP contribution in [-0.2, 0) is 6.42 Å². The first-order chi connectivity index (χ1) is 7.57.